The van der Waals surface area contributed by atoms with Crippen LogP contribution in [0, 0.1) is 0 Å². The highest BCUT2D eigenvalue weighted by atomic mass is 19.4. The number of nitrogens with one attached hydrogen (secondary N) is 2. The van der Waals surface area contributed by atoms with Gasteiger partial charge in [0.05, 0.1) is 6.33 Å². The lowest BCUT2D eigenvalue weighted by Gasteiger charge is -2.19. The Morgan fingerprint density at radius 3 is 2.24 bits per heavy atom. The van der Waals surface area contributed by atoms with E-state index in [9.17, 15) is 58.7 Å². The monoisotopic (exact) mass is 555 g/mol. The fourth-order valence-corrected chi connectivity index (χ4v) is 2.96. The Balaban J connectivity index is 1.91. The molecule has 12 nitrogen and oxygen atoms in total. The van der Waals surface area contributed by atoms with E-state index in [4.69, 9.17) is 4.74 Å². The smallest absolute Gasteiger partial charge is 0.456 e. The molecule has 2 aromatic heterocycles. The van der Waals surface area contributed by atoms with Gasteiger partial charge in [0.1, 0.15) is 25.0 Å². The molecular formula is C16H10F9N5O7. The van der Waals surface area contributed by atoms with Crippen LogP contribution in [0.5, 0.6) is 0 Å². The number of aromatic amines is 1. The van der Waals surface area contributed by atoms with Crippen LogP contribution < -0.4 is 10.9 Å². The third kappa shape index (κ3) is 6.27. The maximum Gasteiger partial charge on any atom is 0.490 e. The van der Waals surface area contributed by atoms with Gasteiger partial charge >= 0.3 is 36.4 Å². The Morgan fingerprint density at radius 2 is 1.68 bits per heavy atom. The molecule has 0 unspecified atom stereocenters. The van der Waals surface area contributed by atoms with Crippen molar-refractivity contribution in [1.29, 1.82) is 0 Å². The number of esters is 2. The number of carbonyl (C=O) groups is 3. The topological polar surface area (TPSA) is 155 Å². The van der Waals surface area contributed by atoms with Crippen molar-refractivity contribution in [3.05, 3.63) is 16.7 Å². The molecule has 37 heavy (non-hydrogen) atoms. The van der Waals surface area contributed by atoms with Gasteiger partial charge in [0.2, 0.25) is 5.95 Å². The Morgan fingerprint density at radius 1 is 1.05 bits per heavy atom. The molecule has 0 aromatic carbocycles. The van der Waals surface area contributed by atoms with Gasteiger partial charge < -0.3 is 14.2 Å². The summed E-state index contributed by atoms with van der Waals surface area (Å²) in [7, 11) is 0. The minimum absolute atomic E-state index is 0.551. The molecule has 0 aliphatic carbocycles. The number of amides is 1. The van der Waals surface area contributed by atoms with Crippen LogP contribution in [-0.4, -0.2) is 74.7 Å². The highest BCUT2D eigenvalue weighted by Crippen LogP contribution is 2.34. The van der Waals surface area contributed by atoms with Crippen LogP contribution in [0.3, 0.4) is 0 Å². The highest BCUT2D eigenvalue weighted by Gasteiger charge is 2.48. The molecule has 2 aromatic rings. The van der Waals surface area contributed by atoms with Crippen LogP contribution in [0.15, 0.2) is 11.1 Å². The van der Waals surface area contributed by atoms with Crippen molar-refractivity contribution in [1.82, 2.24) is 19.5 Å². The number of aromatic nitrogens is 4. The van der Waals surface area contributed by atoms with Gasteiger partial charge in [-0.3, -0.25) is 24.5 Å². The van der Waals surface area contributed by atoms with Crippen LogP contribution in [0.25, 0.3) is 11.2 Å². The number of hydrogen-bond donors (Lipinski definition) is 2. The summed E-state index contributed by atoms with van der Waals surface area (Å²) in [6.45, 7) is -1.34. The van der Waals surface area contributed by atoms with Gasteiger partial charge in [-0.1, -0.05) is 0 Å². The lowest BCUT2D eigenvalue weighted by molar-refractivity contribution is -0.212. The molecule has 1 fully saturated rings. The summed E-state index contributed by atoms with van der Waals surface area (Å²) in [5.41, 5.74) is -2.31. The molecule has 0 spiro atoms. The van der Waals surface area contributed by atoms with E-state index in [-0.39, 0.29) is 0 Å². The Kier molecular flexibility index (Phi) is 7.12. The van der Waals surface area contributed by atoms with Gasteiger partial charge in [-0.2, -0.15) is 44.5 Å². The lowest BCUT2D eigenvalue weighted by atomic mass is 10.2. The molecule has 3 rings (SSSR count). The minimum atomic E-state index is -5.52. The van der Waals surface area contributed by atoms with Crippen LogP contribution >= 0.6 is 0 Å². The normalized spacial score (nSPS) is 20.6. The van der Waals surface area contributed by atoms with Crippen molar-refractivity contribution in [2.75, 3.05) is 11.9 Å². The van der Waals surface area contributed by atoms with E-state index in [1.807, 2.05) is 0 Å². The van der Waals surface area contributed by atoms with Crippen molar-refractivity contribution in [2.45, 2.75) is 43.4 Å². The standard InChI is InChI=1S/C16H10F9N5O7/c17-14(18,19)10(32)29-13-27-8-7(9(31)28-13)26-3-30(8)6-1-4(37-12(34)16(23,24)25)5(36-6)2-35-11(33)15(20,21)22/h3-6H,1-2H2,(H2,27,28,29,31,32)/t4-,5+,6+/m0/s1. The van der Waals surface area contributed by atoms with Gasteiger partial charge in [0, 0.05) is 6.42 Å². The second-order valence-electron chi connectivity index (χ2n) is 7.09. The van der Waals surface area contributed by atoms with E-state index in [2.05, 4.69) is 19.4 Å². The third-order valence-corrected chi connectivity index (χ3v) is 4.51. The van der Waals surface area contributed by atoms with Crippen molar-refractivity contribution in [2.24, 2.45) is 0 Å². The number of nitrogens with zero attached hydrogens (tertiary/aromatic N) is 3. The molecule has 3 atom stereocenters. The number of ether oxygens (including phenoxy) is 3. The summed E-state index contributed by atoms with van der Waals surface area (Å²) < 4.78 is 127. The molecule has 1 aliphatic heterocycles. The number of carbonyl (C=O) groups excluding carboxylic acids is 3. The van der Waals surface area contributed by atoms with Crippen molar-refractivity contribution < 1.29 is 68.1 Å². The Labute approximate surface area is 195 Å². The second-order valence-corrected chi connectivity index (χ2v) is 7.09. The van der Waals surface area contributed by atoms with E-state index < -0.39 is 90.5 Å². The van der Waals surface area contributed by atoms with Gasteiger partial charge in [0.25, 0.3) is 5.56 Å². The quantitative estimate of drug-likeness (QED) is 0.413. The largest absolute Gasteiger partial charge is 0.490 e. The van der Waals surface area contributed by atoms with Crippen LogP contribution in [-0.2, 0) is 28.6 Å². The number of imidazole rings is 1. The molecule has 0 bridgehead atoms. The number of hydrogen-bond acceptors (Lipinski definition) is 9. The van der Waals surface area contributed by atoms with Gasteiger partial charge in [0.15, 0.2) is 11.2 Å². The zero-order valence-corrected chi connectivity index (χ0v) is 17.3. The summed E-state index contributed by atoms with van der Waals surface area (Å²) in [5.74, 6) is -9.03. The predicted molar refractivity (Wildman–Crippen MR) is 94.3 cm³/mol. The van der Waals surface area contributed by atoms with Crippen molar-refractivity contribution >= 4 is 35.0 Å². The third-order valence-electron chi connectivity index (χ3n) is 4.51. The van der Waals surface area contributed by atoms with E-state index >= 15 is 0 Å². The summed E-state index contributed by atoms with van der Waals surface area (Å²) >= 11 is 0. The van der Waals surface area contributed by atoms with Gasteiger partial charge in [-0.15, -0.1) is 0 Å². The average molecular weight is 555 g/mol. The summed E-state index contributed by atoms with van der Waals surface area (Å²) in [6, 6.07) is 0. The SMILES string of the molecule is O=C(Nc1nc2c(ncn2[C@H]2C[C@H](OC(=O)C(F)(F)F)[C@@H](COC(=O)C(F)(F)F)O2)c(=O)[nH]1)C(F)(F)F. The average Bonchev–Trinajstić information content (AvgIpc) is 3.34. The van der Waals surface area contributed by atoms with Crippen molar-refractivity contribution in [3.8, 4) is 0 Å². The molecule has 204 valence electrons. The molecule has 1 saturated heterocycles. The fourth-order valence-electron chi connectivity index (χ4n) is 2.96. The van der Waals surface area contributed by atoms with E-state index in [1.54, 1.807) is 4.98 Å². The molecule has 3 heterocycles. The summed E-state index contributed by atoms with van der Waals surface area (Å²) in [6.07, 6.45) is -21.8. The van der Waals surface area contributed by atoms with Crippen LogP contribution in [0.1, 0.15) is 12.6 Å². The molecule has 1 amide bonds. The second kappa shape index (κ2) is 9.52. The molecule has 1 aliphatic rings. The minimum Gasteiger partial charge on any atom is -0.456 e. The number of anilines is 1. The summed E-state index contributed by atoms with van der Waals surface area (Å²) in [5, 5.41) is 1.26. The maximum atomic E-state index is 12.6. The van der Waals surface area contributed by atoms with Crippen molar-refractivity contribution in [3.63, 3.8) is 0 Å². The first-order valence-corrected chi connectivity index (χ1v) is 9.40. The molecule has 21 heteroatoms. The molecule has 0 saturated carbocycles. The first kappa shape index (κ1) is 27.7. The highest BCUT2D eigenvalue weighted by molar-refractivity contribution is 5.93. The van der Waals surface area contributed by atoms with E-state index in [1.165, 1.54) is 5.32 Å². The number of rotatable bonds is 5. The zero-order valence-electron chi connectivity index (χ0n) is 17.3. The van der Waals surface area contributed by atoms with E-state index in [0.29, 0.717) is 0 Å². The lowest BCUT2D eigenvalue weighted by Crippen LogP contribution is -2.37. The summed E-state index contributed by atoms with van der Waals surface area (Å²) in [4.78, 5) is 54.4. The van der Waals surface area contributed by atoms with Gasteiger partial charge in [-0.25, -0.2) is 14.6 Å². The Bertz CT molecular complexity index is 1270. The Hall–Kier alpha value is -3.91. The van der Waals surface area contributed by atoms with Crippen LogP contribution in [0.4, 0.5) is 45.5 Å². The van der Waals surface area contributed by atoms with Crippen LogP contribution in [0.2, 0.25) is 0 Å². The number of alkyl halides is 9. The predicted octanol–water partition coefficient (Wildman–Crippen LogP) is 1.49. The molecule has 2 N–H and O–H groups in total. The first-order chi connectivity index (χ1) is 16.9. The van der Waals surface area contributed by atoms with E-state index in [0.717, 1.165) is 10.9 Å². The maximum absolute atomic E-state index is 12.6. The first-order valence-electron chi connectivity index (χ1n) is 9.40. The number of halogens is 9. The number of H-pyrrole nitrogens is 1. The van der Waals surface area contributed by atoms with Gasteiger partial charge in [-0.05, 0) is 0 Å². The number of fused-ring (bicyclic) bond motifs is 1. The fraction of sp³-hybridized carbons (Fsp3) is 0.500. The molecular weight excluding hydrogens is 545 g/mol. The molecule has 0 radical (unpaired) electrons. The zero-order chi connectivity index (χ0) is 27.9.